The molecule has 0 unspecified atom stereocenters. The van der Waals surface area contributed by atoms with Gasteiger partial charge in [0.1, 0.15) is 0 Å². The first kappa shape index (κ1) is 13.8. The Morgan fingerprint density at radius 1 is 1.30 bits per heavy atom. The quantitative estimate of drug-likeness (QED) is 0.422. The molecule has 0 radical (unpaired) electrons. The first-order valence-electron chi connectivity index (χ1n) is 6.08. The Bertz CT molecular complexity index is 826. The molecule has 5 heteroatoms. The Hall–Kier alpha value is -1.21. The van der Waals surface area contributed by atoms with Crippen molar-refractivity contribution in [3.63, 3.8) is 0 Å². The van der Waals surface area contributed by atoms with Crippen molar-refractivity contribution >= 4 is 55.0 Å². The van der Waals surface area contributed by atoms with Gasteiger partial charge in [0.25, 0.3) is 0 Å². The molecule has 3 aromatic rings. The maximum atomic E-state index is 10.8. The van der Waals surface area contributed by atoms with E-state index in [1.165, 1.54) is 5.52 Å². The number of benzene rings is 2. The van der Waals surface area contributed by atoms with Crippen LogP contribution in [0.5, 0.6) is 0 Å². The number of aromatic nitrogens is 2. The van der Waals surface area contributed by atoms with Crippen LogP contribution in [0.1, 0.15) is 15.9 Å². The second-order valence-electron chi connectivity index (χ2n) is 4.61. The summed E-state index contributed by atoms with van der Waals surface area (Å²) >= 11 is 6.81. The third kappa shape index (κ3) is 2.18. The Morgan fingerprint density at radius 2 is 2.10 bits per heavy atom. The van der Waals surface area contributed by atoms with Crippen LogP contribution in [0, 0.1) is 6.92 Å². The zero-order valence-corrected chi connectivity index (χ0v) is 16.0. The molecular formula is C15H10ClN2OTl. The molecule has 0 aliphatic rings. The molecule has 0 fully saturated rings. The summed E-state index contributed by atoms with van der Waals surface area (Å²) < 4.78 is 2.16. The molecule has 96 valence electrons. The molecule has 3 nitrogen and oxygen atoms in total. The SMILES string of the molecule is Cc1c(-c2ccc(C=O)c(Cl)c2)ccc2c1nc[n]2[Tl]. The molecule has 0 aliphatic carbocycles. The predicted molar refractivity (Wildman–Crippen MR) is 81.5 cm³/mol. The van der Waals surface area contributed by atoms with Crippen molar-refractivity contribution in [3.05, 3.63) is 52.8 Å². The van der Waals surface area contributed by atoms with Gasteiger partial charge in [0.15, 0.2) is 0 Å². The average molecular weight is 474 g/mol. The number of aryl methyl sites for hydroxylation is 1. The number of imidazole rings is 1. The van der Waals surface area contributed by atoms with Crippen LogP contribution in [0.15, 0.2) is 36.7 Å². The number of aldehydes is 1. The van der Waals surface area contributed by atoms with Crippen LogP contribution in [-0.4, -0.2) is 39.7 Å². The molecule has 0 N–H and O–H groups in total. The second-order valence-corrected chi connectivity index (χ2v) is 7.18. The molecule has 1 aromatic heterocycles. The summed E-state index contributed by atoms with van der Waals surface area (Å²) in [5, 5.41) is 0.479. The number of fused-ring (bicyclic) bond motifs is 1. The van der Waals surface area contributed by atoms with Gasteiger partial charge in [-0.1, -0.05) is 0 Å². The number of halogens is 1. The normalized spacial score (nSPS) is 10.8. The van der Waals surface area contributed by atoms with Crippen molar-refractivity contribution in [2.75, 3.05) is 0 Å². The molecule has 0 bridgehead atoms. The van der Waals surface area contributed by atoms with Gasteiger partial charge < -0.3 is 0 Å². The van der Waals surface area contributed by atoms with Gasteiger partial charge in [0.05, 0.1) is 0 Å². The van der Waals surface area contributed by atoms with Gasteiger partial charge in [-0.15, -0.1) is 0 Å². The van der Waals surface area contributed by atoms with Crippen molar-refractivity contribution in [1.82, 2.24) is 7.36 Å². The summed E-state index contributed by atoms with van der Waals surface area (Å²) in [6, 6.07) is 9.68. The number of carbonyl (C=O) groups is 1. The molecule has 0 spiro atoms. The minimum absolute atomic E-state index is 0.479. The van der Waals surface area contributed by atoms with E-state index < -0.39 is 0 Å². The number of hydrogen-bond donors (Lipinski definition) is 0. The van der Waals surface area contributed by atoms with Crippen LogP contribution in [0.4, 0.5) is 0 Å². The Balaban J connectivity index is 2.21. The maximum absolute atomic E-state index is 10.8. The summed E-state index contributed by atoms with van der Waals surface area (Å²) in [6.45, 7) is 2.07. The zero-order chi connectivity index (χ0) is 14.3. The van der Waals surface area contributed by atoms with E-state index in [0.29, 0.717) is 36.7 Å². The third-order valence-electron chi connectivity index (χ3n) is 3.44. The Kier molecular flexibility index (Phi) is 3.64. The number of hydrogen-bond acceptors (Lipinski definition) is 2. The summed E-state index contributed by atoms with van der Waals surface area (Å²) in [4.78, 5) is 15.3. The van der Waals surface area contributed by atoms with Gasteiger partial charge in [-0.3, -0.25) is 0 Å². The van der Waals surface area contributed by atoms with Gasteiger partial charge in [-0.2, -0.15) is 0 Å². The topological polar surface area (TPSA) is 34.9 Å². The van der Waals surface area contributed by atoms with E-state index in [4.69, 9.17) is 11.6 Å². The minimum atomic E-state index is 0.479. The molecule has 20 heavy (non-hydrogen) atoms. The third-order valence-corrected chi connectivity index (χ3v) is 5.36. The molecule has 3 rings (SSSR count). The zero-order valence-electron chi connectivity index (χ0n) is 10.8. The fraction of sp³-hybridized carbons (Fsp3) is 0.0667. The summed E-state index contributed by atoms with van der Waals surface area (Å²) in [5.74, 6) is 0. The van der Waals surface area contributed by atoms with Crippen LogP contribution in [-0.2, 0) is 0 Å². The fourth-order valence-corrected chi connectivity index (χ4v) is 3.64. The first-order valence-corrected chi connectivity index (χ1v) is 8.47. The van der Waals surface area contributed by atoms with E-state index in [1.807, 2.05) is 18.5 Å². The summed E-state index contributed by atoms with van der Waals surface area (Å²) in [6.07, 6.45) is 2.65. The standard InChI is InChI=1S/C15H11ClN2O.Tl/c1-9-12(4-5-14-15(9)18-8-17-14)10-2-3-11(7-19)13(16)6-10;/h2-8H,1H3,(H,17,18,19);/q;+1/p-1. The molecular weight excluding hydrogens is 464 g/mol. The molecule has 0 amide bonds. The number of carbonyl (C=O) groups excluding carboxylic acids is 1. The molecule has 2 aromatic carbocycles. The second kappa shape index (κ2) is 5.29. The van der Waals surface area contributed by atoms with E-state index >= 15 is 0 Å². The van der Waals surface area contributed by atoms with E-state index in [-0.39, 0.29) is 0 Å². The Labute approximate surface area is 137 Å². The van der Waals surface area contributed by atoms with Crippen LogP contribution in [0.3, 0.4) is 0 Å². The van der Waals surface area contributed by atoms with E-state index in [0.717, 1.165) is 28.5 Å². The van der Waals surface area contributed by atoms with Crippen LogP contribution in [0.2, 0.25) is 5.02 Å². The summed E-state index contributed by atoms with van der Waals surface area (Å²) in [5.41, 5.74) is 5.95. The van der Waals surface area contributed by atoms with Crippen molar-refractivity contribution in [2.45, 2.75) is 6.92 Å². The van der Waals surface area contributed by atoms with Crippen LogP contribution < -0.4 is 0 Å². The van der Waals surface area contributed by atoms with Crippen LogP contribution in [0.25, 0.3) is 22.2 Å². The van der Waals surface area contributed by atoms with Crippen LogP contribution >= 0.6 is 11.6 Å². The predicted octanol–water partition coefficient (Wildman–Crippen LogP) is 3.41. The number of rotatable bonds is 2. The van der Waals surface area contributed by atoms with Crippen molar-refractivity contribution < 1.29 is 4.79 Å². The van der Waals surface area contributed by atoms with Gasteiger partial charge in [0, 0.05) is 0 Å². The molecule has 0 saturated carbocycles. The number of nitrogens with zero attached hydrogens (tertiary/aromatic N) is 2. The molecule has 0 atom stereocenters. The molecule has 1 heterocycles. The average Bonchev–Trinajstić information content (AvgIpc) is 2.82. The van der Waals surface area contributed by atoms with Crippen molar-refractivity contribution in [2.24, 2.45) is 0 Å². The van der Waals surface area contributed by atoms with Gasteiger partial charge in [-0.25, -0.2) is 0 Å². The van der Waals surface area contributed by atoms with Gasteiger partial charge >= 0.3 is 138 Å². The first-order chi connectivity index (χ1) is 9.61. The van der Waals surface area contributed by atoms with E-state index in [1.54, 1.807) is 6.07 Å². The van der Waals surface area contributed by atoms with E-state index in [9.17, 15) is 4.79 Å². The van der Waals surface area contributed by atoms with E-state index in [2.05, 4.69) is 26.4 Å². The van der Waals surface area contributed by atoms with Crippen molar-refractivity contribution in [3.8, 4) is 11.1 Å². The molecule has 0 saturated heterocycles. The van der Waals surface area contributed by atoms with Gasteiger partial charge in [0.2, 0.25) is 0 Å². The fourth-order valence-electron chi connectivity index (χ4n) is 2.34. The van der Waals surface area contributed by atoms with Gasteiger partial charge in [-0.05, 0) is 0 Å². The molecule has 0 aliphatic heterocycles. The van der Waals surface area contributed by atoms with Crippen molar-refractivity contribution in [1.29, 1.82) is 0 Å². The summed E-state index contributed by atoms with van der Waals surface area (Å²) in [7, 11) is 0. The Morgan fingerprint density at radius 3 is 2.80 bits per heavy atom. The monoisotopic (exact) mass is 474 g/mol.